The number of carbonyl (C=O) groups is 1. The third-order valence-electron chi connectivity index (χ3n) is 2.51. The Morgan fingerprint density at radius 1 is 1.36 bits per heavy atom. The molecule has 0 N–H and O–H groups in total. The molecule has 0 unspecified atom stereocenters. The summed E-state index contributed by atoms with van der Waals surface area (Å²) in [5.41, 5.74) is -0.112. The molecule has 0 bridgehead atoms. The van der Waals surface area contributed by atoms with Crippen molar-refractivity contribution in [3.8, 4) is 0 Å². The van der Waals surface area contributed by atoms with E-state index in [-0.39, 0.29) is 11.3 Å². The Balaban J connectivity index is 0.000000791. The van der Waals surface area contributed by atoms with Crippen LogP contribution in [0.15, 0.2) is 0 Å². The summed E-state index contributed by atoms with van der Waals surface area (Å²) in [6.07, 6.45) is 0. The van der Waals surface area contributed by atoms with Gasteiger partial charge in [-0.3, -0.25) is 4.79 Å². The molecule has 0 aromatic carbocycles. The number of amides is 1. The topological polar surface area (TPSA) is 23.6 Å². The Morgan fingerprint density at radius 3 is 2.07 bits per heavy atom. The molecule has 0 aromatic heterocycles. The van der Waals surface area contributed by atoms with Crippen molar-refractivity contribution in [2.45, 2.75) is 27.7 Å². The average Bonchev–Trinajstić information content (AvgIpc) is 2.14. The maximum absolute atomic E-state index is 11.6. The molecular formula is C11H24N2O. The summed E-state index contributed by atoms with van der Waals surface area (Å²) < 4.78 is 0. The molecule has 84 valence electrons. The van der Waals surface area contributed by atoms with Crippen LogP contribution in [0.4, 0.5) is 0 Å². The van der Waals surface area contributed by atoms with Gasteiger partial charge in [0.1, 0.15) is 0 Å². The molecule has 3 heteroatoms. The second kappa shape index (κ2) is 5.35. The molecule has 3 nitrogen and oxygen atoms in total. The second-order valence-electron chi connectivity index (χ2n) is 4.06. The highest BCUT2D eigenvalue weighted by atomic mass is 16.2. The van der Waals surface area contributed by atoms with E-state index in [9.17, 15) is 4.79 Å². The highest BCUT2D eigenvalue weighted by Gasteiger charge is 2.44. The molecule has 1 aliphatic heterocycles. The smallest absolute Gasteiger partial charge is 0.230 e. The highest BCUT2D eigenvalue weighted by Crippen LogP contribution is 2.30. The fourth-order valence-corrected chi connectivity index (χ4v) is 1.84. The molecule has 1 amide bonds. The fourth-order valence-electron chi connectivity index (χ4n) is 1.84. The molecular weight excluding hydrogens is 176 g/mol. The van der Waals surface area contributed by atoms with Gasteiger partial charge in [0.2, 0.25) is 5.91 Å². The van der Waals surface area contributed by atoms with Crippen molar-refractivity contribution < 1.29 is 4.79 Å². The maximum Gasteiger partial charge on any atom is 0.230 e. The van der Waals surface area contributed by atoms with Crippen molar-refractivity contribution in [3.63, 3.8) is 0 Å². The van der Waals surface area contributed by atoms with Crippen LogP contribution in [0.25, 0.3) is 0 Å². The van der Waals surface area contributed by atoms with Gasteiger partial charge in [-0.15, -0.1) is 0 Å². The Kier molecular flexibility index (Phi) is 5.13. The lowest BCUT2D eigenvalue weighted by Crippen LogP contribution is -2.61. The first-order valence-corrected chi connectivity index (χ1v) is 5.44. The van der Waals surface area contributed by atoms with E-state index in [1.165, 1.54) is 0 Å². The van der Waals surface area contributed by atoms with Gasteiger partial charge in [0.15, 0.2) is 0 Å². The number of nitrogens with zero attached hydrogens (tertiary/aromatic N) is 2. The average molecular weight is 200 g/mol. The van der Waals surface area contributed by atoms with Gasteiger partial charge in [0.05, 0.1) is 5.41 Å². The maximum atomic E-state index is 11.6. The van der Waals surface area contributed by atoms with Gasteiger partial charge >= 0.3 is 0 Å². The Morgan fingerprint density at radius 2 is 1.79 bits per heavy atom. The van der Waals surface area contributed by atoms with E-state index in [0.29, 0.717) is 0 Å². The lowest BCUT2D eigenvalue weighted by Gasteiger charge is -2.47. The zero-order valence-corrected chi connectivity index (χ0v) is 10.4. The van der Waals surface area contributed by atoms with Crippen molar-refractivity contribution in [2.75, 3.05) is 33.7 Å². The van der Waals surface area contributed by atoms with Gasteiger partial charge in [0.25, 0.3) is 0 Å². The summed E-state index contributed by atoms with van der Waals surface area (Å²) in [4.78, 5) is 15.6. The van der Waals surface area contributed by atoms with Crippen molar-refractivity contribution in [3.05, 3.63) is 0 Å². The number of hydrogen-bond donors (Lipinski definition) is 0. The van der Waals surface area contributed by atoms with Crippen molar-refractivity contribution in [2.24, 2.45) is 5.41 Å². The molecule has 0 aliphatic carbocycles. The van der Waals surface area contributed by atoms with Crippen LogP contribution in [0.1, 0.15) is 27.7 Å². The Hall–Kier alpha value is -0.570. The largest absolute Gasteiger partial charge is 0.348 e. The molecule has 1 saturated heterocycles. The fraction of sp³-hybridized carbons (Fsp3) is 0.909. The number of likely N-dealkylation sites (tertiary alicyclic amines) is 1. The van der Waals surface area contributed by atoms with Crippen molar-refractivity contribution >= 4 is 5.91 Å². The predicted octanol–water partition coefficient (Wildman–Crippen LogP) is 1.44. The quantitative estimate of drug-likeness (QED) is 0.673. The summed E-state index contributed by atoms with van der Waals surface area (Å²) in [5, 5.41) is 0. The van der Waals surface area contributed by atoms with Gasteiger partial charge in [-0.1, -0.05) is 20.8 Å². The minimum Gasteiger partial charge on any atom is -0.348 e. The van der Waals surface area contributed by atoms with Crippen LogP contribution in [-0.2, 0) is 4.79 Å². The van der Waals surface area contributed by atoms with Gasteiger partial charge < -0.3 is 9.80 Å². The van der Waals surface area contributed by atoms with E-state index in [0.717, 1.165) is 19.6 Å². The third-order valence-corrected chi connectivity index (χ3v) is 2.51. The third kappa shape index (κ3) is 2.71. The number of carbonyl (C=O) groups excluding carboxylic acids is 1. The SMILES string of the molecule is CC.CCN1CC(C)(C(=O)N(C)C)C1. The van der Waals surface area contributed by atoms with Crippen LogP contribution < -0.4 is 0 Å². The van der Waals surface area contributed by atoms with E-state index in [4.69, 9.17) is 0 Å². The van der Waals surface area contributed by atoms with E-state index < -0.39 is 0 Å². The molecule has 0 radical (unpaired) electrons. The van der Waals surface area contributed by atoms with Crippen LogP contribution in [0.2, 0.25) is 0 Å². The highest BCUT2D eigenvalue weighted by molar-refractivity contribution is 5.83. The van der Waals surface area contributed by atoms with E-state index in [1.54, 1.807) is 4.90 Å². The monoisotopic (exact) mass is 200 g/mol. The van der Waals surface area contributed by atoms with Gasteiger partial charge in [-0.2, -0.15) is 0 Å². The van der Waals surface area contributed by atoms with Crippen LogP contribution >= 0.6 is 0 Å². The normalized spacial score (nSPS) is 19.0. The van der Waals surface area contributed by atoms with E-state index in [1.807, 2.05) is 34.9 Å². The summed E-state index contributed by atoms with van der Waals surface area (Å²) >= 11 is 0. The van der Waals surface area contributed by atoms with Crippen LogP contribution in [-0.4, -0.2) is 49.4 Å². The molecule has 1 aliphatic rings. The predicted molar refractivity (Wildman–Crippen MR) is 60.3 cm³/mol. The standard InChI is InChI=1S/C9H18N2O.C2H6/c1-5-11-6-9(2,7-11)8(12)10(3)4;1-2/h5-7H2,1-4H3;1-2H3. The van der Waals surface area contributed by atoms with Crippen molar-refractivity contribution in [1.82, 2.24) is 9.80 Å². The van der Waals surface area contributed by atoms with Gasteiger partial charge in [0, 0.05) is 27.2 Å². The first kappa shape index (κ1) is 13.4. The zero-order valence-electron chi connectivity index (χ0n) is 10.4. The number of rotatable bonds is 2. The Bertz CT molecular complexity index is 184. The lowest BCUT2D eigenvalue weighted by molar-refractivity contribution is -0.148. The summed E-state index contributed by atoms with van der Waals surface area (Å²) in [7, 11) is 3.64. The minimum atomic E-state index is -0.112. The first-order chi connectivity index (χ1) is 6.49. The summed E-state index contributed by atoms with van der Waals surface area (Å²) in [5.74, 6) is 0.257. The van der Waals surface area contributed by atoms with E-state index >= 15 is 0 Å². The molecule has 14 heavy (non-hydrogen) atoms. The molecule has 1 fully saturated rings. The lowest BCUT2D eigenvalue weighted by atomic mass is 9.80. The molecule has 1 rings (SSSR count). The molecule has 0 aromatic rings. The van der Waals surface area contributed by atoms with Gasteiger partial charge in [-0.05, 0) is 13.5 Å². The van der Waals surface area contributed by atoms with Gasteiger partial charge in [-0.25, -0.2) is 0 Å². The zero-order chi connectivity index (χ0) is 11.4. The van der Waals surface area contributed by atoms with Crippen LogP contribution in [0, 0.1) is 5.41 Å². The van der Waals surface area contributed by atoms with Crippen LogP contribution in [0.3, 0.4) is 0 Å². The molecule has 0 saturated carbocycles. The van der Waals surface area contributed by atoms with E-state index in [2.05, 4.69) is 11.8 Å². The molecule has 0 atom stereocenters. The summed E-state index contributed by atoms with van der Waals surface area (Å²) in [6.45, 7) is 11.1. The molecule has 1 heterocycles. The van der Waals surface area contributed by atoms with Crippen molar-refractivity contribution in [1.29, 1.82) is 0 Å². The first-order valence-electron chi connectivity index (χ1n) is 5.44. The minimum absolute atomic E-state index is 0.112. The Labute approximate surface area is 88.1 Å². The number of hydrogen-bond acceptors (Lipinski definition) is 2. The molecule has 0 spiro atoms. The van der Waals surface area contributed by atoms with Crippen LogP contribution in [0.5, 0.6) is 0 Å². The second-order valence-corrected chi connectivity index (χ2v) is 4.06. The summed E-state index contributed by atoms with van der Waals surface area (Å²) in [6, 6.07) is 0.